The van der Waals surface area contributed by atoms with Crippen LogP contribution < -0.4 is 11.1 Å². The molecule has 7 heteroatoms. The maximum Gasteiger partial charge on any atom is 0.306 e. The van der Waals surface area contributed by atoms with Gasteiger partial charge in [-0.1, -0.05) is 6.07 Å². The molecule has 0 fully saturated rings. The van der Waals surface area contributed by atoms with Crippen LogP contribution in [-0.2, 0) is 9.53 Å². The zero-order valence-electron chi connectivity index (χ0n) is 9.92. The van der Waals surface area contributed by atoms with Crippen molar-refractivity contribution >= 4 is 17.7 Å². The summed E-state index contributed by atoms with van der Waals surface area (Å²) in [6.45, 7) is 0.276. The van der Waals surface area contributed by atoms with Gasteiger partial charge in [0.25, 0.3) is 5.91 Å². The van der Waals surface area contributed by atoms with E-state index in [1.54, 1.807) is 12.1 Å². The molecule has 0 bridgehead atoms. The molecule has 0 radical (unpaired) electrons. The number of nitrogens with two attached hydrogens (primary N) is 1. The number of aromatic nitrogens is 1. The summed E-state index contributed by atoms with van der Waals surface area (Å²) in [7, 11) is 1.43. The number of carboxylic acids is 1. The lowest BCUT2D eigenvalue weighted by Crippen LogP contribution is -2.25. The summed E-state index contributed by atoms with van der Waals surface area (Å²) in [4.78, 5) is 25.4. The zero-order chi connectivity index (χ0) is 13.5. The van der Waals surface area contributed by atoms with E-state index in [-0.39, 0.29) is 18.7 Å². The fourth-order valence-corrected chi connectivity index (χ4v) is 1.32. The van der Waals surface area contributed by atoms with Crippen LogP contribution in [0.5, 0.6) is 0 Å². The van der Waals surface area contributed by atoms with E-state index < -0.39 is 18.0 Å². The summed E-state index contributed by atoms with van der Waals surface area (Å²) in [5.74, 6) is -1.12. The molecule has 1 unspecified atom stereocenters. The van der Waals surface area contributed by atoms with E-state index >= 15 is 0 Å². The van der Waals surface area contributed by atoms with Gasteiger partial charge in [0.05, 0.1) is 12.5 Å². The van der Waals surface area contributed by atoms with Gasteiger partial charge in [-0.15, -0.1) is 0 Å². The Kier molecular flexibility index (Phi) is 5.06. The maximum absolute atomic E-state index is 10.9. The van der Waals surface area contributed by atoms with Gasteiger partial charge in [0, 0.05) is 13.7 Å². The van der Waals surface area contributed by atoms with Gasteiger partial charge in [-0.25, -0.2) is 4.98 Å². The van der Waals surface area contributed by atoms with Crippen molar-refractivity contribution in [3.8, 4) is 0 Å². The summed E-state index contributed by atoms with van der Waals surface area (Å²) < 4.78 is 5.00. The summed E-state index contributed by atoms with van der Waals surface area (Å²) in [6.07, 6.45) is -0.583. The van der Waals surface area contributed by atoms with Crippen LogP contribution in [-0.4, -0.2) is 41.7 Å². The Morgan fingerprint density at radius 3 is 2.83 bits per heavy atom. The highest BCUT2D eigenvalue weighted by atomic mass is 16.5. The first-order chi connectivity index (χ1) is 8.52. The molecule has 98 valence electrons. The van der Waals surface area contributed by atoms with Crippen LogP contribution >= 0.6 is 0 Å². The van der Waals surface area contributed by atoms with E-state index in [1.807, 2.05) is 0 Å². The van der Waals surface area contributed by atoms with Crippen molar-refractivity contribution in [2.75, 3.05) is 19.0 Å². The van der Waals surface area contributed by atoms with Crippen LogP contribution in [0.1, 0.15) is 16.9 Å². The molecule has 1 heterocycles. The minimum Gasteiger partial charge on any atom is -0.481 e. The third kappa shape index (κ3) is 4.38. The number of nitrogens with one attached hydrogen (secondary N) is 1. The third-order valence-corrected chi connectivity index (χ3v) is 2.25. The molecule has 7 nitrogen and oxygen atoms in total. The minimum absolute atomic E-state index is 0.112. The molecular weight excluding hydrogens is 238 g/mol. The normalized spacial score (nSPS) is 11.8. The monoisotopic (exact) mass is 253 g/mol. The molecule has 4 N–H and O–H groups in total. The van der Waals surface area contributed by atoms with Crippen LogP contribution in [0.25, 0.3) is 0 Å². The summed E-state index contributed by atoms with van der Waals surface area (Å²) >= 11 is 0. The summed E-state index contributed by atoms with van der Waals surface area (Å²) in [6, 6.07) is 4.78. The molecule has 1 amide bonds. The van der Waals surface area contributed by atoms with Gasteiger partial charge in [0.15, 0.2) is 0 Å². The van der Waals surface area contributed by atoms with Crippen molar-refractivity contribution in [2.24, 2.45) is 5.73 Å². The highest BCUT2D eigenvalue weighted by Crippen LogP contribution is 2.06. The van der Waals surface area contributed by atoms with Crippen LogP contribution in [0.2, 0.25) is 0 Å². The average molecular weight is 253 g/mol. The molecule has 18 heavy (non-hydrogen) atoms. The second kappa shape index (κ2) is 6.55. The molecule has 0 saturated carbocycles. The number of nitrogens with zero attached hydrogens (tertiary/aromatic N) is 1. The Balaban J connectivity index is 2.59. The van der Waals surface area contributed by atoms with Crippen molar-refractivity contribution in [3.05, 3.63) is 23.9 Å². The molecule has 0 saturated heterocycles. The van der Waals surface area contributed by atoms with Crippen LogP contribution in [0.3, 0.4) is 0 Å². The average Bonchev–Trinajstić information content (AvgIpc) is 2.34. The quantitative estimate of drug-likeness (QED) is 0.634. The van der Waals surface area contributed by atoms with Crippen molar-refractivity contribution in [1.82, 2.24) is 4.98 Å². The Morgan fingerprint density at radius 1 is 1.56 bits per heavy atom. The number of aliphatic carboxylic acids is 1. The lowest BCUT2D eigenvalue weighted by molar-refractivity contribution is -0.139. The third-order valence-electron chi connectivity index (χ3n) is 2.25. The van der Waals surface area contributed by atoms with E-state index in [4.69, 9.17) is 15.6 Å². The van der Waals surface area contributed by atoms with Gasteiger partial charge in [0.2, 0.25) is 0 Å². The van der Waals surface area contributed by atoms with Crippen molar-refractivity contribution in [3.63, 3.8) is 0 Å². The van der Waals surface area contributed by atoms with Gasteiger partial charge in [-0.2, -0.15) is 0 Å². The van der Waals surface area contributed by atoms with Gasteiger partial charge >= 0.3 is 5.97 Å². The van der Waals surface area contributed by atoms with E-state index in [2.05, 4.69) is 10.3 Å². The number of carbonyl (C=O) groups excluding carboxylic acids is 1. The number of anilines is 1. The predicted octanol–water partition coefficient (Wildman–Crippen LogP) is 0.0821. The lowest BCUT2D eigenvalue weighted by atomic mass is 10.2. The van der Waals surface area contributed by atoms with E-state index in [0.717, 1.165) is 0 Å². The molecule has 0 aliphatic carbocycles. The first-order valence-electron chi connectivity index (χ1n) is 5.28. The molecule has 1 rings (SSSR count). The van der Waals surface area contributed by atoms with Crippen LogP contribution in [0.15, 0.2) is 18.2 Å². The largest absolute Gasteiger partial charge is 0.481 e. The molecule has 0 aliphatic heterocycles. The molecule has 1 atom stereocenters. The zero-order valence-corrected chi connectivity index (χ0v) is 9.92. The van der Waals surface area contributed by atoms with E-state index in [9.17, 15) is 9.59 Å². The standard InChI is InChI=1S/C11H15N3O4/c1-18-7(5-10(15)16)6-13-9-4-2-3-8(14-9)11(12)17/h2-4,7H,5-6H2,1H3,(H2,12,17)(H,13,14)(H,15,16). The van der Waals surface area contributed by atoms with Crippen LogP contribution in [0.4, 0.5) is 5.82 Å². The van der Waals surface area contributed by atoms with E-state index in [1.165, 1.54) is 13.2 Å². The minimum atomic E-state index is -0.942. The summed E-state index contributed by atoms with van der Waals surface area (Å²) in [5.41, 5.74) is 5.24. The second-order valence-electron chi connectivity index (χ2n) is 3.61. The first kappa shape index (κ1) is 13.9. The summed E-state index contributed by atoms with van der Waals surface area (Å²) in [5, 5.41) is 11.5. The second-order valence-corrected chi connectivity index (χ2v) is 3.61. The van der Waals surface area contributed by atoms with Crippen molar-refractivity contribution in [2.45, 2.75) is 12.5 Å². The Bertz CT molecular complexity index is 436. The highest BCUT2D eigenvalue weighted by molar-refractivity contribution is 5.91. The van der Waals surface area contributed by atoms with Gasteiger partial charge in [-0.05, 0) is 12.1 Å². The SMILES string of the molecule is COC(CNc1cccc(C(N)=O)n1)CC(=O)O. The fraction of sp³-hybridized carbons (Fsp3) is 0.364. The number of amides is 1. The topological polar surface area (TPSA) is 115 Å². The molecule has 0 aliphatic rings. The van der Waals surface area contributed by atoms with E-state index in [0.29, 0.717) is 5.82 Å². The number of hydrogen-bond acceptors (Lipinski definition) is 5. The fourth-order valence-electron chi connectivity index (χ4n) is 1.32. The van der Waals surface area contributed by atoms with Gasteiger partial charge < -0.3 is 20.9 Å². The molecule has 0 aromatic carbocycles. The lowest BCUT2D eigenvalue weighted by Gasteiger charge is -2.14. The smallest absolute Gasteiger partial charge is 0.306 e. The maximum atomic E-state index is 10.9. The van der Waals surface area contributed by atoms with Crippen molar-refractivity contribution in [1.29, 1.82) is 0 Å². The van der Waals surface area contributed by atoms with Crippen molar-refractivity contribution < 1.29 is 19.4 Å². The van der Waals surface area contributed by atoms with Gasteiger partial charge in [0.1, 0.15) is 11.5 Å². The number of pyridine rings is 1. The number of carbonyl (C=O) groups is 2. The van der Waals surface area contributed by atoms with Crippen LogP contribution in [0, 0.1) is 0 Å². The predicted molar refractivity (Wildman–Crippen MR) is 64.3 cm³/mol. The molecular formula is C11H15N3O4. The number of carboxylic acid groups (broad SMARTS) is 1. The number of primary amides is 1. The highest BCUT2D eigenvalue weighted by Gasteiger charge is 2.12. The molecule has 1 aromatic rings. The Labute approximate surface area is 104 Å². The van der Waals surface area contributed by atoms with Gasteiger partial charge in [-0.3, -0.25) is 9.59 Å². The molecule has 1 aromatic heterocycles. The number of hydrogen-bond donors (Lipinski definition) is 3. The Morgan fingerprint density at radius 2 is 2.28 bits per heavy atom. The molecule has 0 spiro atoms. The number of ether oxygens (including phenoxy) is 1. The first-order valence-corrected chi connectivity index (χ1v) is 5.28. The number of rotatable bonds is 7. The Hall–Kier alpha value is -2.15. The number of methoxy groups -OCH3 is 1.